The average Bonchev–Trinajstić information content (AvgIpc) is 1.99. The molecule has 0 saturated heterocycles. The zero-order valence-electron chi connectivity index (χ0n) is 7.48. The van der Waals surface area contributed by atoms with Crippen LogP contribution in [0.2, 0.25) is 0 Å². The van der Waals surface area contributed by atoms with Gasteiger partial charge in [-0.3, -0.25) is 0 Å². The minimum atomic E-state index is -3.41. The second kappa shape index (κ2) is 4.40. The molecule has 6 heteroatoms. The maximum atomic E-state index is 11.4. The monoisotopic (exact) mass is 191 g/mol. The van der Waals surface area contributed by atoms with E-state index in [4.69, 9.17) is 5.26 Å². The van der Waals surface area contributed by atoms with Crippen LogP contribution >= 0.6 is 0 Å². The van der Waals surface area contributed by atoms with E-state index in [0.29, 0.717) is 6.54 Å². The summed E-state index contributed by atoms with van der Waals surface area (Å²) in [5, 5.41) is 8.34. The van der Waals surface area contributed by atoms with Crippen LogP contribution in [0.15, 0.2) is 0 Å². The van der Waals surface area contributed by atoms with Crippen LogP contribution in [0, 0.1) is 11.3 Å². The summed E-state index contributed by atoms with van der Waals surface area (Å²) >= 11 is 0. The highest BCUT2D eigenvalue weighted by Crippen LogP contribution is 2.02. The Balaban J connectivity index is 4.64. The van der Waals surface area contributed by atoms with Gasteiger partial charge in [-0.2, -0.15) is 22.3 Å². The van der Waals surface area contributed by atoms with Crippen LogP contribution in [0.25, 0.3) is 0 Å². The smallest absolute Gasteiger partial charge is 0.197 e. The van der Waals surface area contributed by atoms with Crippen molar-refractivity contribution in [1.82, 2.24) is 8.61 Å². The molecule has 0 unspecified atom stereocenters. The first kappa shape index (κ1) is 11.4. The van der Waals surface area contributed by atoms with Gasteiger partial charge in [0.1, 0.15) is 6.54 Å². The topological polar surface area (TPSA) is 64.4 Å². The van der Waals surface area contributed by atoms with Crippen molar-refractivity contribution < 1.29 is 8.42 Å². The molecule has 0 aromatic heterocycles. The molecule has 0 N–H and O–H groups in total. The average molecular weight is 191 g/mol. The molecule has 0 rings (SSSR count). The van der Waals surface area contributed by atoms with E-state index in [1.165, 1.54) is 14.1 Å². The molecule has 0 bridgehead atoms. The maximum absolute atomic E-state index is 11.4. The molecule has 0 aliphatic carbocycles. The first-order valence-electron chi connectivity index (χ1n) is 3.51. The standard InChI is InChI=1S/C6H13N3O2S/c1-4-9(6-5-7)12(10,11)8(2)3/h4,6H2,1-3H3. The van der Waals surface area contributed by atoms with Crippen LogP contribution in [-0.2, 0) is 10.2 Å². The van der Waals surface area contributed by atoms with E-state index in [-0.39, 0.29) is 6.54 Å². The van der Waals surface area contributed by atoms with Crippen molar-refractivity contribution in [2.24, 2.45) is 0 Å². The fourth-order valence-corrected chi connectivity index (χ4v) is 1.68. The lowest BCUT2D eigenvalue weighted by molar-refractivity contribution is 0.411. The van der Waals surface area contributed by atoms with E-state index in [1.54, 1.807) is 13.0 Å². The first-order valence-corrected chi connectivity index (χ1v) is 4.91. The Morgan fingerprint density at radius 2 is 1.92 bits per heavy atom. The van der Waals surface area contributed by atoms with Crippen molar-refractivity contribution in [2.45, 2.75) is 6.92 Å². The second-order valence-electron chi connectivity index (χ2n) is 2.37. The third kappa shape index (κ3) is 2.44. The predicted molar refractivity (Wildman–Crippen MR) is 45.5 cm³/mol. The number of nitriles is 1. The van der Waals surface area contributed by atoms with Crippen LogP contribution in [0.5, 0.6) is 0 Å². The zero-order valence-corrected chi connectivity index (χ0v) is 8.30. The molecule has 12 heavy (non-hydrogen) atoms. The number of hydrogen-bond donors (Lipinski definition) is 0. The summed E-state index contributed by atoms with van der Waals surface area (Å²) in [6.45, 7) is 1.91. The highest BCUT2D eigenvalue weighted by Gasteiger charge is 2.21. The second-order valence-corrected chi connectivity index (χ2v) is 4.52. The summed E-state index contributed by atoms with van der Waals surface area (Å²) in [4.78, 5) is 0. The molecule has 5 nitrogen and oxygen atoms in total. The third-order valence-corrected chi connectivity index (χ3v) is 3.35. The van der Waals surface area contributed by atoms with Crippen molar-refractivity contribution >= 4 is 10.2 Å². The lowest BCUT2D eigenvalue weighted by Gasteiger charge is -2.21. The van der Waals surface area contributed by atoms with Crippen molar-refractivity contribution in [2.75, 3.05) is 27.2 Å². The summed E-state index contributed by atoms with van der Waals surface area (Å²) in [6, 6.07) is 1.80. The molecule has 0 atom stereocenters. The predicted octanol–water partition coefficient (Wildman–Crippen LogP) is -0.362. The van der Waals surface area contributed by atoms with E-state index in [1.807, 2.05) is 0 Å². The first-order chi connectivity index (χ1) is 5.46. The highest BCUT2D eigenvalue weighted by atomic mass is 32.2. The van der Waals surface area contributed by atoms with Gasteiger partial charge >= 0.3 is 0 Å². The van der Waals surface area contributed by atoms with Gasteiger partial charge in [-0.15, -0.1) is 0 Å². The van der Waals surface area contributed by atoms with Gasteiger partial charge in [0.05, 0.1) is 6.07 Å². The molecule has 0 spiro atoms. The van der Waals surface area contributed by atoms with E-state index >= 15 is 0 Å². The molecule has 0 aromatic rings. The Kier molecular flexibility index (Phi) is 4.17. The van der Waals surface area contributed by atoms with E-state index in [2.05, 4.69) is 0 Å². The Hall–Kier alpha value is -0.640. The molecule has 70 valence electrons. The van der Waals surface area contributed by atoms with Crippen molar-refractivity contribution in [3.63, 3.8) is 0 Å². The van der Waals surface area contributed by atoms with Gasteiger partial charge in [0.2, 0.25) is 0 Å². The van der Waals surface area contributed by atoms with E-state index < -0.39 is 10.2 Å². The van der Waals surface area contributed by atoms with Crippen LogP contribution in [0.3, 0.4) is 0 Å². The molecule has 0 fully saturated rings. The Morgan fingerprint density at radius 3 is 2.17 bits per heavy atom. The molecule has 0 amide bonds. The molecule has 0 aromatic carbocycles. The van der Waals surface area contributed by atoms with Crippen LogP contribution in [-0.4, -0.2) is 44.2 Å². The molecule has 0 aliphatic heterocycles. The maximum Gasteiger partial charge on any atom is 0.282 e. The van der Waals surface area contributed by atoms with E-state index in [0.717, 1.165) is 8.61 Å². The molecule has 0 aliphatic rings. The van der Waals surface area contributed by atoms with Gasteiger partial charge in [-0.05, 0) is 0 Å². The number of nitrogens with zero attached hydrogens (tertiary/aromatic N) is 3. The Bertz CT molecular complexity index is 265. The SMILES string of the molecule is CCN(CC#N)S(=O)(=O)N(C)C. The van der Waals surface area contributed by atoms with Crippen LogP contribution < -0.4 is 0 Å². The highest BCUT2D eigenvalue weighted by molar-refractivity contribution is 7.86. The molecule has 0 radical (unpaired) electrons. The minimum Gasteiger partial charge on any atom is -0.197 e. The third-order valence-electron chi connectivity index (χ3n) is 1.39. The van der Waals surface area contributed by atoms with Crippen LogP contribution in [0.1, 0.15) is 6.92 Å². The molecule has 0 saturated carbocycles. The fraction of sp³-hybridized carbons (Fsp3) is 0.833. The van der Waals surface area contributed by atoms with Crippen molar-refractivity contribution in [3.8, 4) is 6.07 Å². The lowest BCUT2D eigenvalue weighted by atomic mass is 10.6. The number of rotatable bonds is 4. The van der Waals surface area contributed by atoms with Crippen LogP contribution in [0.4, 0.5) is 0 Å². The minimum absolute atomic E-state index is 0.100. The Labute approximate surface area is 73.4 Å². The van der Waals surface area contributed by atoms with Crippen molar-refractivity contribution in [3.05, 3.63) is 0 Å². The van der Waals surface area contributed by atoms with Gasteiger partial charge in [-0.25, -0.2) is 0 Å². The van der Waals surface area contributed by atoms with E-state index in [9.17, 15) is 8.42 Å². The normalized spacial score (nSPS) is 12.0. The summed E-state index contributed by atoms with van der Waals surface area (Å²) in [7, 11) is -0.527. The van der Waals surface area contributed by atoms with Gasteiger partial charge < -0.3 is 0 Å². The molecular formula is C6H13N3O2S. The number of hydrogen-bond acceptors (Lipinski definition) is 3. The van der Waals surface area contributed by atoms with Gasteiger partial charge in [0, 0.05) is 20.6 Å². The molecular weight excluding hydrogens is 178 g/mol. The Morgan fingerprint density at radius 1 is 1.42 bits per heavy atom. The summed E-state index contributed by atoms with van der Waals surface area (Å²) in [5.41, 5.74) is 0. The molecule has 0 heterocycles. The van der Waals surface area contributed by atoms with Gasteiger partial charge in [0.15, 0.2) is 0 Å². The quantitative estimate of drug-likeness (QED) is 0.570. The summed E-state index contributed by atoms with van der Waals surface area (Å²) < 4.78 is 24.9. The fourth-order valence-electron chi connectivity index (χ4n) is 0.666. The van der Waals surface area contributed by atoms with Crippen molar-refractivity contribution in [1.29, 1.82) is 5.26 Å². The van der Waals surface area contributed by atoms with Gasteiger partial charge in [-0.1, -0.05) is 6.92 Å². The zero-order chi connectivity index (χ0) is 9.78. The largest absolute Gasteiger partial charge is 0.282 e. The van der Waals surface area contributed by atoms with Gasteiger partial charge in [0.25, 0.3) is 10.2 Å². The summed E-state index contributed by atoms with van der Waals surface area (Å²) in [6.07, 6.45) is 0. The lowest BCUT2D eigenvalue weighted by Crippen LogP contribution is -2.40. The summed E-state index contributed by atoms with van der Waals surface area (Å²) in [5.74, 6) is 0.